The molecule has 1 aliphatic rings. The minimum Gasteiger partial charge on any atom is -0.491 e. The van der Waals surface area contributed by atoms with Gasteiger partial charge in [-0.15, -0.1) is 0 Å². The summed E-state index contributed by atoms with van der Waals surface area (Å²) in [6, 6.07) is 0. The Kier molecular flexibility index (Phi) is 3.96. The summed E-state index contributed by atoms with van der Waals surface area (Å²) in [7, 11) is -7.23. The summed E-state index contributed by atoms with van der Waals surface area (Å²) in [6.07, 6.45) is -30.5. The molecule has 0 bridgehead atoms. The Bertz CT molecular complexity index is 398. The molecule has 0 radical (unpaired) electrons. The summed E-state index contributed by atoms with van der Waals surface area (Å²) >= 11 is 0. The minimum atomic E-state index is -7.61. The number of hydrogen-bond acceptors (Lipinski definition) is 2. The Morgan fingerprint density at radius 1 is 0.478 bits per heavy atom. The van der Waals surface area contributed by atoms with Crippen LogP contribution in [0.2, 0.25) is 0 Å². The maximum atomic E-state index is 12.7. The molecule has 1 aliphatic heterocycles. The highest BCUT2D eigenvalue weighted by Gasteiger charge is 2.98. The van der Waals surface area contributed by atoms with Gasteiger partial charge in [-0.05, 0) is 0 Å². The van der Waals surface area contributed by atoms with Gasteiger partial charge in [0.05, 0.1) is 0 Å². The van der Waals surface area contributed by atoms with Crippen molar-refractivity contribution in [3.05, 3.63) is 0 Å². The van der Waals surface area contributed by atoms with E-state index in [1.165, 1.54) is 0 Å². The molecular weight excluding hydrogens is 381 g/mol. The van der Waals surface area contributed by atoms with Gasteiger partial charge in [0.2, 0.25) is 0 Å². The summed E-state index contributed by atoms with van der Waals surface area (Å²) < 4.78 is 180. The van der Waals surface area contributed by atoms with Crippen LogP contribution in [0.3, 0.4) is 0 Å². The first-order chi connectivity index (χ1) is 9.66. The molecule has 0 saturated carbocycles. The molecular formula is C6BF14O2-. The minimum absolute atomic E-state index is 1.95. The average Bonchev–Trinajstić information content (AvgIpc) is 2.44. The zero-order valence-electron chi connectivity index (χ0n) is 9.69. The van der Waals surface area contributed by atoms with Crippen LogP contribution in [-0.4, -0.2) is 43.0 Å². The van der Waals surface area contributed by atoms with Gasteiger partial charge in [0.25, 0.3) is 11.2 Å². The third kappa shape index (κ3) is 2.42. The predicted octanol–water partition coefficient (Wildman–Crippen LogP) is 4.13. The van der Waals surface area contributed by atoms with Crippen molar-refractivity contribution in [2.24, 2.45) is 0 Å². The van der Waals surface area contributed by atoms with Gasteiger partial charge in [-0.1, -0.05) is 0 Å². The van der Waals surface area contributed by atoms with E-state index in [0.29, 0.717) is 0 Å². The van der Waals surface area contributed by atoms with Crippen LogP contribution in [0.5, 0.6) is 0 Å². The molecule has 0 aromatic heterocycles. The summed E-state index contributed by atoms with van der Waals surface area (Å²) in [5.74, 6) is 0. The summed E-state index contributed by atoms with van der Waals surface area (Å²) in [6.45, 7) is 0. The number of hydrogen-bond donors (Lipinski definition) is 0. The summed E-state index contributed by atoms with van der Waals surface area (Å²) in [5.41, 5.74) is -14.8. The molecule has 1 fully saturated rings. The van der Waals surface area contributed by atoms with Gasteiger partial charge in [-0.3, -0.25) is 0 Å². The van der Waals surface area contributed by atoms with Crippen molar-refractivity contribution >= 4 is 7.11 Å². The number of halogens is 14. The van der Waals surface area contributed by atoms with E-state index in [2.05, 4.69) is 0 Å². The third-order valence-electron chi connectivity index (χ3n) is 2.72. The monoisotopic (exact) mass is 381 g/mol. The second-order valence-corrected chi connectivity index (χ2v) is 4.12. The van der Waals surface area contributed by atoms with E-state index >= 15 is 0 Å². The Morgan fingerprint density at radius 2 is 0.652 bits per heavy atom. The van der Waals surface area contributed by atoms with Crippen LogP contribution in [-0.2, 0) is 9.31 Å². The first-order valence-corrected chi connectivity index (χ1v) is 4.83. The maximum Gasteiger partial charge on any atom is 0.603 e. The topological polar surface area (TPSA) is 18.5 Å². The number of rotatable bonds is 0. The van der Waals surface area contributed by atoms with Gasteiger partial charge in [0.1, 0.15) is 0 Å². The lowest BCUT2D eigenvalue weighted by Gasteiger charge is -2.48. The van der Waals surface area contributed by atoms with Gasteiger partial charge in [0.15, 0.2) is 0 Å². The molecule has 138 valence electrons. The van der Waals surface area contributed by atoms with Crippen LogP contribution in [0, 0.1) is 0 Å². The van der Waals surface area contributed by atoms with Gasteiger partial charge < -0.3 is 17.9 Å². The van der Waals surface area contributed by atoms with Crippen molar-refractivity contribution in [2.75, 3.05) is 0 Å². The van der Waals surface area contributed by atoms with Crippen molar-refractivity contribution in [3.63, 3.8) is 0 Å². The highest BCUT2D eigenvalue weighted by atomic mass is 19.4. The van der Waals surface area contributed by atoms with Crippen LogP contribution in [0.4, 0.5) is 61.3 Å². The van der Waals surface area contributed by atoms with Crippen LogP contribution in [0.15, 0.2) is 0 Å². The Hall–Kier alpha value is -0.995. The molecule has 0 aromatic rings. The molecule has 2 nitrogen and oxygen atoms in total. The lowest BCUT2D eigenvalue weighted by Crippen LogP contribution is -2.79. The second kappa shape index (κ2) is 4.55. The Balaban J connectivity index is 4.04. The van der Waals surface area contributed by atoms with Crippen molar-refractivity contribution in [1.29, 1.82) is 0 Å². The molecule has 1 saturated heterocycles. The zero-order chi connectivity index (χ0) is 18.9. The molecule has 1 heterocycles. The highest BCUT2D eigenvalue weighted by Crippen LogP contribution is 2.68. The van der Waals surface area contributed by atoms with E-state index < -0.39 is 43.0 Å². The van der Waals surface area contributed by atoms with Crippen LogP contribution >= 0.6 is 0 Å². The number of alkyl halides is 12. The average molecular weight is 381 g/mol. The van der Waals surface area contributed by atoms with Crippen molar-refractivity contribution in [2.45, 2.75) is 35.9 Å². The van der Waals surface area contributed by atoms with Crippen molar-refractivity contribution in [1.82, 2.24) is 0 Å². The molecule has 23 heavy (non-hydrogen) atoms. The fourth-order valence-electron chi connectivity index (χ4n) is 1.99. The lowest BCUT2D eigenvalue weighted by atomic mass is 9.79. The Labute approximate surface area is 115 Å². The fourth-order valence-corrected chi connectivity index (χ4v) is 1.99. The smallest absolute Gasteiger partial charge is 0.491 e. The molecule has 17 heteroatoms. The van der Waals surface area contributed by atoms with E-state index in [-0.39, 0.29) is 0 Å². The molecule has 1 rings (SSSR count). The Morgan fingerprint density at radius 3 is 0.783 bits per heavy atom. The van der Waals surface area contributed by atoms with E-state index in [1.807, 2.05) is 9.31 Å². The molecule has 0 unspecified atom stereocenters. The molecule has 0 spiro atoms. The van der Waals surface area contributed by atoms with Gasteiger partial charge in [0, 0.05) is 0 Å². The molecule has 0 aliphatic carbocycles. The highest BCUT2D eigenvalue weighted by molar-refractivity contribution is 6.53. The predicted molar refractivity (Wildman–Crippen MR) is 39.8 cm³/mol. The van der Waals surface area contributed by atoms with Crippen molar-refractivity contribution < 1.29 is 70.6 Å². The summed E-state index contributed by atoms with van der Waals surface area (Å²) in [5, 5.41) is 0. The molecule has 0 aromatic carbocycles. The van der Waals surface area contributed by atoms with Gasteiger partial charge in [-0.2, -0.15) is 52.7 Å². The maximum absolute atomic E-state index is 12.7. The third-order valence-corrected chi connectivity index (χ3v) is 2.72. The molecule has 0 N–H and O–H groups in total. The van der Waals surface area contributed by atoms with E-state index in [4.69, 9.17) is 0 Å². The molecule has 0 amide bonds. The first kappa shape index (κ1) is 20.1. The quantitative estimate of drug-likeness (QED) is 0.464. The van der Waals surface area contributed by atoms with E-state index in [0.717, 1.165) is 0 Å². The normalized spacial score (nSPS) is 24.8. The van der Waals surface area contributed by atoms with Crippen LogP contribution in [0.25, 0.3) is 0 Å². The fraction of sp³-hybridized carbons (Fsp3) is 1.00. The van der Waals surface area contributed by atoms with Crippen molar-refractivity contribution in [3.8, 4) is 0 Å². The standard InChI is InChI=1S/C6BF14O2/c8-3(9,10)1(4(11,12)13)2(5(14,15)16,6(17,18)19)23-7(20,21)22-1/q-1. The zero-order valence-corrected chi connectivity index (χ0v) is 9.69. The summed E-state index contributed by atoms with van der Waals surface area (Å²) in [4.78, 5) is 0. The van der Waals surface area contributed by atoms with Crippen LogP contribution in [0.1, 0.15) is 0 Å². The molecule has 0 atom stereocenters. The lowest BCUT2D eigenvalue weighted by molar-refractivity contribution is -0.464. The van der Waals surface area contributed by atoms with E-state index in [9.17, 15) is 61.3 Å². The SMILES string of the molecule is F[B-]1(F)OC(C(F)(F)F)(C(F)(F)F)C(C(F)(F)F)(C(F)(F)F)O1. The second-order valence-electron chi connectivity index (χ2n) is 4.12. The largest absolute Gasteiger partial charge is 0.603 e. The van der Waals surface area contributed by atoms with Gasteiger partial charge >= 0.3 is 31.8 Å². The van der Waals surface area contributed by atoms with Crippen LogP contribution < -0.4 is 0 Å². The van der Waals surface area contributed by atoms with E-state index in [1.54, 1.807) is 0 Å². The first-order valence-electron chi connectivity index (χ1n) is 4.83. The van der Waals surface area contributed by atoms with Gasteiger partial charge in [-0.25, -0.2) is 0 Å².